The standard InChI is InChI=1S/C17H22N2O/c1-11-6-7-15(8-12(11)2)20-17-14(10-18)9-13-4-3-5-16(13)19-17/h9,11-12,15H,3-8H2,1-2H3. The molecule has 3 atom stereocenters. The molecule has 0 radical (unpaired) electrons. The molecule has 2 aliphatic rings. The fourth-order valence-corrected chi connectivity index (χ4v) is 3.39. The molecule has 1 aromatic heterocycles. The molecule has 2 aliphatic carbocycles. The molecule has 3 heteroatoms. The Bertz CT molecular complexity index is 547. The van der Waals surface area contributed by atoms with Crippen LogP contribution in [-0.2, 0) is 12.8 Å². The number of fused-ring (bicyclic) bond motifs is 1. The molecule has 3 rings (SSSR count). The minimum Gasteiger partial charge on any atom is -0.473 e. The zero-order chi connectivity index (χ0) is 14.1. The second kappa shape index (κ2) is 5.44. The molecule has 1 aromatic rings. The highest BCUT2D eigenvalue weighted by molar-refractivity contribution is 5.44. The van der Waals surface area contributed by atoms with Crippen LogP contribution in [-0.4, -0.2) is 11.1 Å². The predicted molar refractivity (Wildman–Crippen MR) is 77.6 cm³/mol. The van der Waals surface area contributed by atoms with E-state index in [1.807, 2.05) is 6.07 Å². The number of hydrogen-bond donors (Lipinski definition) is 0. The topological polar surface area (TPSA) is 45.9 Å². The van der Waals surface area contributed by atoms with Gasteiger partial charge in [-0.1, -0.05) is 13.8 Å². The Morgan fingerprint density at radius 1 is 1.25 bits per heavy atom. The van der Waals surface area contributed by atoms with Crippen molar-refractivity contribution in [3.8, 4) is 11.9 Å². The molecule has 3 unspecified atom stereocenters. The Kier molecular flexibility index (Phi) is 3.65. The number of nitriles is 1. The third kappa shape index (κ3) is 2.52. The molecule has 0 N–H and O–H groups in total. The lowest BCUT2D eigenvalue weighted by molar-refractivity contribution is 0.0960. The number of hydrogen-bond acceptors (Lipinski definition) is 3. The fourth-order valence-electron chi connectivity index (χ4n) is 3.39. The summed E-state index contributed by atoms with van der Waals surface area (Å²) in [6.45, 7) is 4.61. The molecule has 0 amide bonds. The minimum absolute atomic E-state index is 0.222. The van der Waals surface area contributed by atoms with Gasteiger partial charge in [0.1, 0.15) is 17.7 Å². The summed E-state index contributed by atoms with van der Waals surface area (Å²) in [4.78, 5) is 4.62. The van der Waals surface area contributed by atoms with Crippen molar-refractivity contribution >= 4 is 0 Å². The Morgan fingerprint density at radius 3 is 2.85 bits per heavy atom. The van der Waals surface area contributed by atoms with Gasteiger partial charge in [-0.3, -0.25) is 0 Å². The molecular weight excluding hydrogens is 248 g/mol. The van der Waals surface area contributed by atoms with Gasteiger partial charge in [-0.25, -0.2) is 4.98 Å². The van der Waals surface area contributed by atoms with Crippen LogP contribution in [0, 0.1) is 23.2 Å². The number of ether oxygens (including phenoxy) is 1. The molecule has 106 valence electrons. The molecule has 0 spiro atoms. The first kappa shape index (κ1) is 13.4. The van der Waals surface area contributed by atoms with Crippen LogP contribution in [0.5, 0.6) is 5.88 Å². The Labute approximate surface area is 121 Å². The summed E-state index contributed by atoms with van der Waals surface area (Å²) in [6, 6.07) is 4.23. The van der Waals surface area contributed by atoms with Crippen molar-refractivity contribution in [3.63, 3.8) is 0 Å². The predicted octanol–water partition coefficient (Wildman–Crippen LogP) is 3.65. The van der Waals surface area contributed by atoms with E-state index in [-0.39, 0.29) is 6.10 Å². The van der Waals surface area contributed by atoms with Gasteiger partial charge in [0.05, 0.1) is 0 Å². The lowest BCUT2D eigenvalue weighted by Gasteiger charge is -2.32. The highest BCUT2D eigenvalue weighted by Gasteiger charge is 2.27. The fraction of sp³-hybridized carbons (Fsp3) is 0.647. The molecular formula is C17H22N2O. The van der Waals surface area contributed by atoms with E-state index in [9.17, 15) is 5.26 Å². The first-order valence-electron chi connectivity index (χ1n) is 7.77. The normalized spacial score (nSPS) is 28.8. The summed E-state index contributed by atoms with van der Waals surface area (Å²) in [5.74, 6) is 2.03. The smallest absolute Gasteiger partial charge is 0.232 e. The van der Waals surface area contributed by atoms with E-state index in [4.69, 9.17) is 4.74 Å². The van der Waals surface area contributed by atoms with Crippen LogP contribution in [0.3, 0.4) is 0 Å². The average molecular weight is 270 g/mol. The van der Waals surface area contributed by atoms with E-state index in [1.165, 1.54) is 12.0 Å². The second-order valence-corrected chi connectivity index (χ2v) is 6.42. The van der Waals surface area contributed by atoms with Crippen molar-refractivity contribution in [3.05, 3.63) is 22.9 Å². The molecule has 1 saturated carbocycles. The Hall–Kier alpha value is -1.56. The summed E-state index contributed by atoms with van der Waals surface area (Å²) in [5.41, 5.74) is 2.98. The molecule has 0 aliphatic heterocycles. The van der Waals surface area contributed by atoms with Crippen LogP contribution in [0.1, 0.15) is 56.4 Å². The number of nitrogens with zero attached hydrogens (tertiary/aromatic N) is 2. The molecule has 0 saturated heterocycles. The Morgan fingerprint density at radius 2 is 2.10 bits per heavy atom. The maximum atomic E-state index is 9.30. The zero-order valence-corrected chi connectivity index (χ0v) is 12.4. The summed E-state index contributed by atoms with van der Waals surface area (Å²) in [7, 11) is 0. The van der Waals surface area contributed by atoms with Gasteiger partial charge >= 0.3 is 0 Å². The first-order valence-corrected chi connectivity index (χ1v) is 7.77. The van der Waals surface area contributed by atoms with Crippen molar-refractivity contribution in [2.45, 2.75) is 58.5 Å². The number of aryl methyl sites for hydroxylation is 2. The van der Waals surface area contributed by atoms with Crippen molar-refractivity contribution in [2.75, 3.05) is 0 Å². The molecule has 20 heavy (non-hydrogen) atoms. The van der Waals surface area contributed by atoms with Gasteiger partial charge in [0.15, 0.2) is 0 Å². The van der Waals surface area contributed by atoms with E-state index in [2.05, 4.69) is 24.9 Å². The van der Waals surface area contributed by atoms with Crippen LogP contribution < -0.4 is 4.74 Å². The third-order valence-electron chi connectivity index (χ3n) is 4.96. The SMILES string of the molecule is CC1CCC(Oc2nc3c(cc2C#N)CCC3)CC1C. The molecule has 0 aromatic carbocycles. The quantitative estimate of drug-likeness (QED) is 0.824. The van der Waals surface area contributed by atoms with E-state index in [0.717, 1.165) is 43.7 Å². The van der Waals surface area contributed by atoms with E-state index < -0.39 is 0 Å². The second-order valence-electron chi connectivity index (χ2n) is 6.42. The van der Waals surface area contributed by atoms with Crippen LogP contribution in [0.4, 0.5) is 0 Å². The largest absolute Gasteiger partial charge is 0.473 e. The van der Waals surface area contributed by atoms with Gasteiger partial charge < -0.3 is 4.74 Å². The number of aromatic nitrogens is 1. The van der Waals surface area contributed by atoms with Crippen LogP contribution in [0.25, 0.3) is 0 Å². The van der Waals surface area contributed by atoms with Crippen molar-refractivity contribution in [1.82, 2.24) is 4.98 Å². The monoisotopic (exact) mass is 270 g/mol. The highest BCUT2D eigenvalue weighted by Crippen LogP contribution is 2.33. The van der Waals surface area contributed by atoms with E-state index in [0.29, 0.717) is 17.4 Å². The van der Waals surface area contributed by atoms with Gasteiger partial charge in [-0.2, -0.15) is 5.26 Å². The van der Waals surface area contributed by atoms with Gasteiger partial charge in [0.2, 0.25) is 5.88 Å². The summed E-state index contributed by atoms with van der Waals surface area (Å²) in [6.07, 6.45) is 6.80. The van der Waals surface area contributed by atoms with Crippen molar-refractivity contribution in [2.24, 2.45) is 11.8 Å². The van der Waals surface area contributed by atoms with Gasteiger partial charge in [0, 0.05) is 5.69 Å². The summed E-state index contributed by atoms with van der Waals surface area (Å²) in [5, 5.41) is 9.30. The Balaban J connectivity index is 1.79. The zero-order valence-electron chi connectivity index (χ0n) is 12.4. The van der Waals surface area contributed by atoms with Crippen molar-refractivity contribution < 1.29 is 4.74 Å². The van der Waals surface area contributed by atoms with Gasteiger partial charge in [-0.05, 0) is 62.0 Å². The maximum absolute atomic E-state index is 9.30. The van der Waals surface area contributed by atoms with Crippen LogP contribution >= 0.6 is 0 Å². The molecule has 3 nitrogen and oxygen atoms in total. The summed E-state index contributed by atoms with van der Waals surface area (Å²) >= 11 is 0. The lowest BCUT2D eigenvalue weighted by atomic mass is 9.80. The molecule has 1 fully saturated rings. The third-order valence-corrected chi connectivity index (χ3v) is 4.96. The first-order chi connectivity index (χ1) is 9.67. The average Bonchev–Trinajstić information content (AvgIpc) is 2.89. The minimum atomic E-state index is 0.222. The van der Waals surface area contributed by atoms with Crippen LogP contribution in [0.2, 0.25) is 0 Å². The van der Waals surface area contributed by atoms with E-state index in [1.54, 1.807) is 0 Å². The maximum Gasteiger partial charge on any atom is 0.232 e. The number of rotatable bonds is 2. The summed E-state index contributed by atoms with van der Waals surface area (Å²) < 4.78 is 6.09. The molecule has 1 heterocycles. The van der Waals surface area contributed by atoms with E-state index >= 15 is 0 Å². The lowest BCUT2D eigenvalue weighted by Crippen LogP contribution is -2.29. The van der Waals surface area contributed by atoms with Crippen molar-refractivity contribution in [1.29, 1.82) is 5.26 Å². The van der Waals surface area contributed by atoms with Crippen LogP contribution in [0.15, 0.2) is 6.07 Å². The highest BCUT2D eigenvalue weighted by atomic mass is 16.5. The number of pyridine rings is 1. The molecule has 0 bridgehead atoms. The van der Waals surface area contributed by atoms with Gasteiger partial charge in [-0.15, -0.1) is 0 Å². The van der Waals surface area contributed by atoms with Gasteiger partial charge in [0.25, 0.3) is 0 Å².